The minimum Gasteiger partial charge on any atom is -0.465 e. The normalized spacial score (nSPS) is 15.0. The molecule has 5 rings (SSSR count). The lowest BCUT2D eigenvalue weighted by Crippen LogP contribution is -2.36. The van der Waals surface area contributed by atoms with Crippen LogP contribution < -0.4 is 5.32 Å². The van der Waals surface area contributed by atoms with Crippen molar-refractivity contribution in [2.24, 2.45) is 0 Å². The summed E-state index contributed by atoms with van der Waals surface area (Å²) in [5.74, 6) is 0.179. The molecular weight excluding hydrogens is 516 g/mol. The number of benzene rings is 3. The first kappa shape index (κ1) is 28.1. The summed E-state index contributed by atoms with van der Waals surface area (Å²) in [5, 5.41) is 7.72. The van der Waals surface area contributed by atoms with E-state index in [2.05, 4.69) is 22.6 Å². The molecule has 0 aliphatic heterocycles. The Bertz CT molecular complexity index is 1490. The van der Waals surface area contributed by atoms with E-state index in [1.54, 1.807) is 0 Å². The zero-order valence-corrected chi connectivity index (χ0v) is 24.0. The first-order valence-electron chi connectivity index (χ1n) is 14.1. The van der Waals surface area contributed by atoms with Crippen LogP contribution in [0, 0.1) is 6.92 Å². The molecule has 1 aromatic heterocycles. The Morgan fingerprint density at radius 3 is 2.15 bits per heavy atom. The number of carbonyl (C=O) groups is 2. The summed E-state index contributed by atoms with van der Waals surface area (Å²) >= 11 is 0. The van der Waals surface area contributed by atoms with Gasteiger partial charge in [-0.2, -0.15) is 0 Å². The largest absolute Gasteiger partial charge is 0.465 e. The van der Waals surface area contributed by atoms with E-state index in [0.717, 1.165) is 52.0 Å². The molecule has 3 aromatic carbocycles. The van der Waals surface area contributed by atoms with Crippen molar-refractivity contribution in [3.8, 4) is 22.5 Å². The number of carbonyl (C=O) groups excluding carboxylic acids is 2. The molecule has 7 nitrogen and oxygen atoms in total. The number of aryl methyl sites for hydroxylation is 1. The van der Waals surface area contributed by atoms with Gasteiger partial charge in [-0.3, -0.25) is 9.59 Å². The lowest BCUT2D eigenvalue weighted by Gasteiger charge is -2.25. The predicted octanol–water partition coefficient (Wildman–Crippen LogP) is 6.89. The summed E-state index contributed by atoms with van der Waals surface area (Å²) < 4.78 is 16.7. The quantitative estimate of drug-likeness (QED) is 0.203. The van der Waals surface area contributed by atoms with Crippen LogP contribution in [0.4, 0.5) is 5.69 Å². The summed E-state index contributed by atoms with van der Waals surface area (Å²) in [7, 11) is 0. The Labute approximate surface area is 240 Å². The lowest BCUT2D eigenvalue weighted by molar-refractivity contribution is -0.147. The first-order valence-corrected chi connectivity index (χ1v) is 14.1. The molecule has 0 amide bonds. The van der Waals surface area contributed by atoms with Crippen LogP contribution in [0.1, 0.15) is 50.4 Å². The van der Waals surface area contributed by atoms with E-state index in [1.807, 2.05) is 87.5 Å². The van der Waals surface area contributed by atoms with Crippen LogP contribution >= 0.6 is 0 Å². The number of esters is 2. The molecule has 1 fully saturated rings. The van der Waals surface area contributed by atoms with Crippen LogP contribution in [-0.2, 0) is 30.9 Å². The van der Waals surface area contributed by atoms with Crippen LogP contribution in [0.15, 0.2) is 83.4 Å². The number of rotatable bonds is 11. The smallest absolute Gasteiger partial charge is 0.316 e. The van der Waals surface area contributed by atoms with E-state index in [9.17, 15) is 9.59 Å². The maximum absolute atomic E-state index is 12.5. The first-order chi connectivity index (χ1) is 19.8. The topological polar surface area (TPSA) is 90.7 Å². The van der Waals surface area contributed by atoms with E-state index < -0.39 is 5.41 Å². The van der Waals surface area contributed by atoms with Gasteiger partial charge in [0.2, 0.25) is 0 Å². The van der Waals surface area contributed by atoms with Crippen LogP contribution in [0.5, 0.6) is 0 Å². The minimum atomic E-state index is -0.474. The van der Waals surface area contributed by atoms with Crippen molar-refractivity contribution in [1.29, 1.82) is 0 Å². The van der Waals surface area contributed by atoms with Crippen LogP contribution in [0.2, 0.25) is 0 Å². The average Bonchev–Trinajstić information content (AvgIpc) is 3.72. The molecule has 2 atom stereocenters. The van der Waals surface area contributed by atoms with Crippen molar-refractivity contribution in [2.45, 2.75) is 64.5 Å². The molecule has 2 unspecified atom stereocenters. The van der Waals surface area contributed by atoms with Gasteiger partial charge in [0.25, 0.3) is 0 Å². The molecule has 7 heteroatoms. The number of aromatic nitrogens is 1. The highest BCUT2D eigenvalue weighted by molar-refractivity contribution is 5.87. The van der Waals surface area contributed by atoms with Gasteiger partial charge in [0.1, 0.15) is 17.5 Å². The Hall–Kier alpha value is -4.39. The van der Waals surface area contributed by atoms with Gasteiger partial charge in [0.05, 0.1) is 18.1 Å². The Morgan fingerprint density at radius 2 is 1.56 bits per heavy atom. The third-order valence-corrected chi connectivity index (χ3v) is 7.72. The number of ether oxygens (including phenoxy) is 2. The summed E-state index contributed by atoms with van der Waals surface area (Å²) in [6.07, 6.45) is 1.88. The molecule has 1 aliphatic carbocycles. The summed E-state index contributed by atoms with van der Waals surface area (Å²) in [5.41, 5.74) is 6.12. The van der Waals surface area contributed by atoms with Gasteiger partial charge in [-0.15, -0.1) is 0 Å². The molecule has 1 heterocycles. The average molecular weight is 553 g/mol. The maximum Gasteiger partial charge on any atom is 0.316 e. The molecule has 212 valence electrons. The van der Waals surface area contributed by atoms with Gasteiger partial charge in [0, 0.05) is 18.9 Å². The molecule has 0 bridgehead atoms. The highest BCUT2D eigenvalue weighted by atomic mass is 16.5. The molecule has 1 saturated carbocycles. The molecule has 0 spiro atoms. The second-order valence-corrected chi connectivity index (χ2v) is 10.7. The minimum absolute atomic E-state index is 0.127. The molecule has 0 saturated heterocycles. The second-order valence-electron chi connectivity index (χ2n) is 10.7. The highest BCUT2D eigenvalue weighted by Crippen LogP contribution is 2.49. The predicted molar refractivity (Wildman–Crippen MR) is 158 cm³/mol. The molecule has 0 radical (unpaired) electrons. The number of nitrogens with one attached hydrogen (secondary N) is 1. The van der Waals surface area contributed by atoms with Crippen molar-refractivity contribution in [2.75, 3.05) is 11.9 Å². The van der Waals surface area contributed by atoms with Crippen molar-refractivity contribution in [1.82, 2.24) is 5.16 Å². The standard InChI is InChI=1S/C34H36N2O5/c1-5-39-33(38)34(19-20-34)29-17-15-27(16-18-29)26-11-13-28(14-12-26)32-31(23(3)36-41-32)35-22(2)30(40-24(4)37)21-25-9-7-6-8-10-25/h6-18,22,30,35H,5,19-21H2,1-4H3. The van der Waals surface area contributed by atoms with Crippen molar-refractivity contribution in [3.05, 3.63) is 95.7 Å². The van der Waals surface area contributed by atoms with Crippen molar-refractivity contribution < 1.29 is 23.6 Å². The summed E-state index contributed by atoms with van der Waals surface area (Å²) in [4.78, 5) is 24.3. The lowest BCUT2D eigenvalue weighted by atomic mass is 9.93. The second kappa shape index (κ2) is 12.0. The molecule has 1 aliphatic rings. The van der Waals surface area contributed by atoms with E-state index in [0.29, 0.717) is 18.8 Å². The van der Waals surface area contributed by atoms with Gasteiger partial charge in [-0.1, -0.05) is 84.0 Å². The van der Waals surface area contributed by atoms with Gasteiger partial charge in [-0.25, -0.2) is 0 Å². The van der Waals surface area contributed by atoms with Crippen molar-refractivity contribution in [3.63, 3.8) is 0 Å². The third kappa shape index (κ3) is 6.19. The summed E-state index contributed by atoms with van der Waals surface area (Å²) in [6.45, 7) is 7.55. The number of anilines is 1. The van der Waals surface area contributed by atoms with E-state index >= 15 is 0 Å². The molecule has 41 heavy (non-hydrogen) atoms. The SMILES string of the molecule is CCOC(=O)C1(c2ccc(-c3ccc(-c4onc(C)c4NC(C)C(Cc4ccccc4)OC(C)=O)cc3)cc2)CC1. The number of hydrogen-bond acceptors (Lipinski definition) is 7. The van der Waals surface area contributed by atoms with Gasteiger partial charge in [0.15, 0.2) is 5.76 Å². The third-order valence-electron chi connectivity index (χ3n) is 7.72. The van der Waals surface area contributed by atoms with E-state index in [1.165, 1.54) is 6.92 Å². The zero-order chi connectivity index (χ0) is 29.0. The highest BCUT2D eigenvalue weighted by Gasteiger charge is 2.52. The molecule has 4 aromatic rings. The fourth-order valence-corrected chi connectivity index (χ4v) is 5.24. The summed E-state index contributed by atoms with van der Waals surface area (Å²) in [6, 6.07) is 26.1. The molecular formula is C34H36N2O5. The fraction of sp³-hybridized carbons (Fsp3) is 0.324. The number of hydrogen-bond donors (Lipinski definition) is 1. The Kier molecular flexibility index (Phi) is 8.24. The van der Waals surface area contributed by atoms with E-state index in [-0.39, 0.29) is 24.1 Å². The maximum atomic E-state index is 12.5. The van der Waals surface area contributed by atoms with Crippen molar-refractivity contribution >= 4 is 17.6 Å². The molecule has 1 N–H and O–H groups in total. The Morgan fingerprint density at radius 1 is 0.951 bits per heavy atom. The van der Waals surface area contributed by atoms with Gasteiger partial charge >= 0.3 is 11.9 Å². The van der Waals surface area contributed by atoms with Crippen LogP contribution in [0.3, 0.4) is 0 Å². The van der Waals surface area contributed by atoms with Crippen LogP contribution in [-0.4, -0.2) is 35.8 Å². The zero-order valence-electron chi connectivity index (χ0n) is 24.0. The Balaban J connectivity index is 1.32. The van der Waals surface area contributed by atoms with E-state index in [4.69, 9.17) is 14.0 Å². The van der Waals surface area contributed by atoms with Gasteiger partial charge in [-0.05, 0) is 55.9 Å². The van der Waals surface area contributed by atoms with Gasteiger partial charge < -0.3 is 19.3 Å². The number of nitrogens with zero attached hydrogens (tertiary/aromatic N) is 1. The fourth-order valence-electron chi connectivity index (χ4n) is 5.24. The monoisotopic (exact) mass is 552 g/mol. The van der Waals surface area contributed by atoms with Crippen LogP contribution in [0.25, 0.3) is 22.5 Å².